The Morgan fingerprint density at radius 2 is 1.96 bits per heavy atom. The van der Waals surface area contributed by atoms with E-state index in [0.29, 0.717) is 11.5 Å². The van der Waals surface area contributed by atoms with Gasteiger partial charge in [0.05, 0.1) is 6.04 Å². The van der Waals surface area contributed by atoms with Gasteiger partial charge in [0.15, 0.2) is 0 Å². The van der Waals surface area contributed by atoms with Crippen molar-refractivity contribution in [2.24, 2.45) is 0 Å². The highest BCUT2D eigenvalue weighted by atomic mass is 16.5. The Hall–Kier alpha value is -2.80. The van der Waals surface area contributed by atoms with Crippen LogP contribution in [0.4, 0.5) is 0 Å². The zero-order chi connectivity index (χ0) is 19.4. The molecule has 1 fully saturated rings. The van der Waals surface area contributed by atoms with Gasteiger partial charge in [-0.05, 0) is 36.2 Å². The Morgan fingerprint density at radius 3 is 2.59 bits per heavy atom. The summed E-state index contributed by atoms with van der Waals surface area (Å²) in [5.74, 6) is 0.115. The number of carbonyl (C=O) groups excluding carboxylic acids is 1. The molecule has 0 spiro atoms. The number of hydrogen-bond donors (Lipinski definition) is 1. The summed E-state index contributed by atoms with van der Waals surface area (Å²) in [6.45, 7) is 4.54. The summed E-state index contributed by atoms with van der Waals surface area (Å²) in [7, 11) is 1.85. The maximum atomic E-state index is 12.3. The highest BCUT2D eigenvalue weighted by Gasteiger charge is 2.31. The molecular weight excluding hydrogens is 348 g/mol. The molecule has 1 atom stereocenters. The van der Waals surface area contributed by atoms with Gasteiger partial charge >= 0.3 is 5.97 Å². The minimum absolute atomic E-state index is 0.0675. The lowest BCUT2D eigenvalue weighted by Crippen LogP contribution is -2.54. The van der Waals surface area contributed by atoms with Crippen molar-refractivity contribution in [3.05, 3.63) is 53.5 Å². The quantitative estimate of drug-likeness (QED) is 0.804. The normalized spacial score (nSPS) is 17.9. The second-order valence-electron chi connectivity index (χ2n) is 6.66. The molecule has 0 bridgehead atoms. The second-order valence-corrected chi connectivity index (χ2v) is 6.66. The molecule has 1 N–H and O–H groups in total. The molecule has 2 heterocycles. The molecule has 0 aliphatic carbocycles. The Kier molecular flexibility index (Phi) is 5.81. The molecule has 7 heteroatoms. The molecule has 1 aromatic carbocycles. The van der Waals surface area contributed by atoms with Crippen LogP contribution < -0.4 is 4.74 Å². The standard InChI is InChI=1S/C20H24N2O5/c1-3-17-19(23)21(2)10-11-22(17)12-14-4-6-15(7-5-14)26-13-16-8-9-18(27-16)20(24)25/h4-9,17H,3,10-13H2,1-2H3,(H,24,25)/t17-/m0/s1. The molecule has 1 aliphatic heterocycles. The fourth-order valence-electron chi connectivity index (χ4n) is 3.23. The molecule has 0 unspecified atom stereocenters. The number of furan rings is 1. The number of carboxylic acids is 1. The average molecular weight is 372 g/mol. The van der Waals surface area contributed by atoms with Crippen LogP contribution in [0.1, 0.15) is 35.2 Å². The third-order valence-electron chi connectivity index (χ3n) is 4.77. The zero-order valence-corrected chi connectivity index (χ0v) is 15.6. The van der Waals surface area contributed by atoms with E-state index in [1.807, 2.05) is 38.2 Å². The van der Waals surface area contributed by atoms with Gasteiger partial charge in [0.2, 0.25) is 11.7 Å². The van der Waals surface area contributed by atoms with Gasteiger partial charge in [0.25, 0.3) is 0 Å². The van der Waals surface area contributed by atoms with Gasteiger partial charge < -0.3 is 19.2 Å². The zero-order valence-electron chi connectivity index (χ0n) is 15.6. The largest absolute Gasteiger partial charge is 0.486 e. The Balaban J connectivity index is 1.56. The van der Waals surface area contributed by atoms with Crippen LogP contribution in [0.25, 0.3) is 0 Å². The molecule has 1 amide bonds. The van der Waals surface area contributed by atoms with E-state index >= 15 is 0 Å². The third kappa shape index (κ3) is 4.49. The fraction of sp³-hybridized carbons (Fsp3) is 0.400. The van der Waals surface area contributed by atoms with E-state index in [2.05, 4.69) is 4.90 Å². The predicted octanol–water partition coefficient (Wildman–Crippen LogP) is 2.61. The van der Waals surface area contributed by atoms with E-state index in [1.54, 1.807) is 11.0 Å². The molecule has 1 aliphatic rings. The molecule has 1 aromatic heterocycles. The Labute approximate surface area is 158 Å². The lowest BCUT2D eigenvalue weighted by atomic mass is 10.1. The summed E-state index contributed by atoms with van der Waals surface area (Å²) in [5, 5.41) is 8.85. The van der Waals surface area contributed by atoms with Crippen molar-refractivity contribution in [2.45, 2.75) is 32.5 Å². The van der Waals surface area contributed by atoms with Crippen molar-refractivity contribution in [1.29, 1.82) is 0 Å². The van der Waals surface area contributed by atoms with Crippen LogP contribution in [0.2, 0.25) is 0 Å². The number of ether oxygens (including phenoxy) is 1. The number of piperazine rings is 1. The molecule has 2 aromatic rings. The Bertz CT molecular complexity index is 799. The molecule has 7 nitrogen and oxygen atoms in total. The van der Waals surface area contributed by atoms with Crippen LogP contribution in [0.5, 0.6) is 5.75 Å². The van der Waals surface area contributed by atoms with Crippen LogP contribution in [0, 0.1) is 0 Å². The van der Waals surface area contributed by atoms with E-state index in [4.69, 9.17) is 14.3 Å². The van der Waals surface area contributed by atoms with Crippen LogP contribution in [0.15, 0.2) is 40.8 Å². The number of aromatic carboxylic acids is 1. The van der Waals surface area contributed by atoms with Crippen LogP contribution in [-0.2, 0) is 17.9 Å². The summed E-state index contributed by atoms with van der Waals surface area (Å²) >= 11 is 0. The van der Waals surface area contributed by atoms with E-state index in [9.17, 15) is 9.59 Å². The minimum atomic E-state index is -1.10. The predicted molar refractivity (Wildman–Crippen MR) is 98.6 cm³/mol. The summed E-state index contributed by atoms with van der Waals surface area (Å²) in [4.78, 5) is 27.1. The van der Waals surface area contributed by atoms with Gasteiger partial charge in [-0.15, -0.1) is 0 Å². The van der Waals surface area contributed by atoms with Crippen molar-refractivity contribution in [3.63, 3.8) is 0 Å². The average Bonchev–Trinajstić information content (AvgIpc) is 3.14. The van der Waals surface area contributed by atoms with Crippen molar-refractivity contribution in [3.8, 4) is 5.75 Å². The van der Waals surface area contributed by atoms with Crippen molar-refractivity contribution in [1.82, 2.24) is 9.80 Å². The molecule has 0 radical (unpaired) electrons. The van der Waals surface area contributed by atoms with Gasteiger partial charge in [-0.1, -0.05) is 19.1 Å². The highest BCUT2D eigenvalue weighted by Crippen LogP contribution is 2.20. The van der Waals surface area contributed by atoms with Crippen molar-refractivity contribution in [2.75, 3.05) is 20.1 Å². The first-order valence-electron chi connectivity index (χ1n) is 9.00. The number of hydrogen-bond acceptors (Lipinski definition) is 5. The molecule has 0 saturated carbocycles. The van der Waals surface area contributed by atoms with Gasteiger partial charge in [-0.25, -0.2) is 4.79 Å². The number of likely N-dealkylation sites (N-methyl/N-ethyl adjacent to an activating group) is 1. The molecule has 3 rings (SSSR count). The lowest BCUT2D eigenvalue weighted by molar-refractivity contribution is -0.140. The molecule has 27 heavy (non-hydrogen) atoms. The number of carbonyl (C=O) groups is 2. The first kappa shape index (κ1) is 19.0. The molecular formula is C20H24N2O5. The maximum absolute atomic E-state index is 12.3. The van der Waals surface area contributed by atoms with E-state index in [0.717, 1.165) is 31.6 Å². The van der Waals surface area contributed by atoms with Crippen LogP contribution in [0.3, 0.4) is 0 Å². The SMILES string of the molecule is CC[C@H]1C(=O)N(C)CCN1Cc1ccc(OCc2ccc(C(=O)O)o2)cc1. The summed E-state index contributed by atoms with van der Waals surface area (Å²) < 4.78 is 10.8. The molecule has 144 valence electrons. The van der Waals surface area contributed by atoms with Gasteiger partial charge in [-0.3, -0.25) is 9.69 Å². The fourth-order valence-corrected chi connectivity index (χ4v) is 3.23. The summed E-state index contributed by atoms with van der Waals surface area (Å²) in [6.07, 6.45) is 0.797. The molecule has 1 saturated heterocycles. The lowest BCUT2D eigenvalue weighted by Gasteiger charge is -2.38. The van der Waals surface area contributed by atoms with Gasteiger partial charge in [0.1, 0.15) is 18.1 Å². The number of carboxylic acid groups (broad SMARTS) is 1. The van der Waals surface area contributed by atoms with E-state index < -0.39 is 5.97 Å². The number of rotatable bonds is 7. The van der Waals surface area contributed by atoms with E-state index in [-0.39, 0.29) is 24.3 Å². The van der Waals surface area contributed by atoms with E-state index in [1.165, 1.54) is 6.07 Å². The Morgan fingerprint density at radius 1 is 1.22 bits per heavy atom. The first-order valence-corrected chi connectivity index (χ1v) is 9.00. The van der Waals surface area contributed by atoms with Gasteiger partial charge in [0, 0.05) is 26.7 Å². The summed E-state index contributed by atoms with van der Waals surface area (Å²) in [6, 6.07) is 10.6. The summed E-state index contributed by atoms with van der Waals surface area (Å²) in [5.41, 5.74) is 1.12. The van der Waals surface area contributed by atoms with Crippen molar-refractivity contribution < 1.29 is 23.8 Å². The topological polar surface area (TPSA) is 83.2 Å². The monoisotopic (exact) mass is 372 g/mol. The second kappa shape index (κ2) is 8.26. The first-order chi connectivity index (χ1) is 13.0. The van der Waals surface area contributed by atoms with Crippen LogP contribution >= 0.6 is 0 Å². The maximum Gasteiger partial charge on any atom is 0.371 e. The number of amides is 1. The highest BCUT2D eigenvalue weighted by molar-refractivity contribution is 5.84. The number of nitrogens with zero attached hydrogens (tertiary/aromatic N) is 2. The van der Waals surface area contributed by atoms with Crippen molar-refractivity contribution >= 4 is 11.9 Å². The third-order valence-corrected chi connectivity index (χ3v) is 4.77. The van der Waals surface area contributed by atoms with Crippen LogP contribution in [-0.4, -0.2) is 53.0 Å². The van der Waals surface area contributed by atoms with Gasteiger partial charge in [-0.2, -0.15) is 0 Å². The number of benzene rings is 1. The minimum Gasteiger partial charge on any atom is -0.486 e. The smallest absolute Gasteiger partial charge is 0.371 e.